The lowest BCUT2D eigenvalue weighted by Crippen LogP contribution is -2.36. The van der Waals surface area contributed by atoms with Gasteiger partial charge in [0, 0.05) is 30.3 Å². The summed E-state index contributed by atoms with van der Waals surface area (Å²) < 4.78 is 22.8. The molecule has 6 nitrogen and oxygen atoms in total. The first-order chi connectivity index (χ1) is 13.6. The van der Waals surface area contributed by atoms with Crippen molar-refractivity contribution < 1.29 is 18.9 Å². The summed E-state index contributed by atoms with van der Waals surface area (Å²) in [6, 6.07) is 4.41. The smallest absolute Gasteiger partial charge is 0.169 e. The predicted molar refractivity (Wildman–Crippen MR) is 109 cm³/mol. The molecule has 1 aliphatic heterocycles. The Labute approximate surface area is 166 Å². The van der Waals surface area contributed by atoms with Crippen molar-refractivity contribution in [3.05, 3.63) is 34.4 Å². The third-order valence-electron chi connectivity index (χ3n) is 6.15. The van der Waals surface area contributed by atoms with Gasteiger partial charge in [-0.1, -0.05) is 0 Å². The summed E-state index contributed by atoms with van der Waals surface area (Å²) in [4.78, 5) is 2.41. The van der Waals surface area contributed by atoms with Crippen molar-refractivity contribution >= 4 is 0 Å². The monoisotopic (exact) mass is 384 g/mol. The Bertz CT molecular complexity index is 926. The second-order valence-electron chi connectivity index (χ2n) is 7.33. The number of ether oxygens (including phenoxy) is 4. The highest BCUT2D eigenvalue weighted by Gasteiger charge is 2.38. The first-order valence-corrected chi connectivity index (χ1v) is 9.54. The molecule has 0 amide bonds. The molecule has 0 bridgehead atoms. The average Bonchev–Trinajstić information content (AvgIpc) is 2.73. The molecule has 0 spiro atoms. The maximum Gasteiger partial charge on any atom is 0.169 e. The summed E-state index contributed by atoms with van der Waals surface area (Å²) >= 11 is 0. The molecule has 1 aliphatic carbocycles. The zero-order valence-corrected chi connectivity index (χ0v) is 17.2. The third-order valence-corrected chi connectivity index (χ3v) is 6.15. The molecule has 2 aromatic carbocycles. The quantitative estimate of drug-likeness (QED) is 0.855. The Morgan fingerprint density at radius 3 is 2.29 bits per heavy atom. The molecule has 150 valence electrons. The minimum Gasteiger partial charge on any atom is -0.493 e. The molecule has 1 atom stereocenters. The third kappa shape index (κ3) is 2.55. The molecule has 28 heavy (non-hydrogen) atoms. The fourth-order valence-corrected chi connectivity index (χ4v) is 4.82. The Hall–Kier alpha value is -2.44. The second kappa shape index (κ2) is 7.18. The van der Waals surface area contributed by atoms with E-state index in [9.17, 15) is 0 Å². The van der Waals surface area contributed by atoms with E-state index in [-0.39, 0.29) is 6.04 Å². The van der Waals surface area contributed by atoms with Crippen LogP contribution in [0.5, 0.6) is 23.0 Å². The molecule has 0 radical (unpaired) electrons. The van der Waals surface area contributed by atoms with Gasteiger partial charge in [-0.3, -0.25) is 4.90 Å². The van der Waals surface area contributed by atoms with Gasteiger partial charge in [0.15, 0.2) is 23.0 Å². The van der Waals surface area contributed by atoms with Crippen molar-refractivity contribution in [1.82, 2.24) is 4.90 Å². The fourth-order valence-electron chi connectivity index (χ4n) is 4.82. The van der Waals surface area contributed by atoms with Gasteiger partial charge in [-0.25, -0.2) is 0 Å². The van der Waals surface area contributed by atoms with Gasteiger partial charge in [0.25, 0.3) is 0 Å². The summed E-state index contributed by atoms with van der Waals surface area (Å²) in [5.41, 5.74) is 13.2. The van der Waals surface area contributed by atoms with Crippen LogP contribution in [0.25, 0.3) is 11.1 Å². The minimum absolute atomic E-state index is 0.273. The van der Waals surface area contributed by atoms with Gasteiger partial charge in [-0.15, -0.1) is 0 Å². The van der Waals surface area contributed by atoms with Gasteiger partial charge in [0.2, 0.25) is 0 Å². The van der Waals surface area contributed by atoms with E-state index in [1.165, 1.54) is 16.7 Å². The van der Waals surface area contributed by atoms with Crippen LogP contribution in [0.4, 0.5) is 0 Å². The van der Waals surface area contributed by atoms with Crippen molar-refractivity contribution in [2.45, 2.75) is 25.4 Å². The van der Waals surface area contributed by atoms with E-state index in [0.717, 1.165) is 53.3 Å². The Kier molecular flexibility index (Phi) is 4.85. The lowest BCUT2D eigenvalue weighted by molar-refractivity contribution is 0.225. The second-order valence-corrected chi connectivity index (χ2v) is 7.33. The predicted octanol–water partition coefficient (Wildman–Crippen LogP) is 2.93. The van der Waals surface area contributed by atoms with Crippen LogP contribution in [0.3, 0.4) is 0 Å². The molecule has 6 heteroatoms. The van der Waals surface area contributed by atoms with Crippen molar-refractivity contribution in [2.75, 3.05) is 42.0 Å². The largest absolute Gasteiger partial charge is 0.493 e. The lowest BCUT2D eigenvalue weighted by atomic mass is 9.75. The summed E-state index contributed by atoms with van der Waals surface area (Å²) in [5.74, 6) is 2.94. The van der Waals surface area contributed by atoms with Crippen LogP contribution in [0, 0.1) is 0 Å². The number of hydrogen-bond donors (Lipinski definition) is 1. The van der Waals surface area contributed by atoms with Crippen LogP contribution in [0.1, 0.15) is 28.3 Å². The number of fused-ring (bicyclic) bond motifs is 2. The number of rotatable bonds is 5. The summed E-state index contributed by atoms with van der Waals surface area (Å²) in [7, 11) is 8.89. The zero-order valence-electron chi connectivity index (χ0n) is 17.2. The maximum atomic E-state index is 6.16. The number of nitrogens with zero attached hydrogens (tertiary/aromatic N) is 1. The van der Waals surface area contributed by atoms with E-state index in [4.69, 9.17) is 24.7 Å². The number of methoxy groups -OCH3 is 4. The van der Waals surface area contributed by atoms with E-state index in [1.807, 2.05) is 0 Å². The van der Waals surface area contributed by atoms with Crippen molar-refractivity contribution in [1.29, 1.82) is 0 Å². The Morgan fingerprint density at radius 2 is 1.68 bits per heavy atom. The summed E-state index contributed by atoms with van der Waals surface area (Å²) in [6.45, 7) is 1.42. The van der Waals surface area contributed by atoms with Crippen LogP contribution in [0.15, 0.2) is 12.1 Å². The average molecular weight is 384 g/mol. The van der Waals surface area contributed by atoms with E-state index in [1.54, 1.807) is 28.4 Å². The molecular weight excluding hydrogens is 356 g/mol. The van der Waals surface area contributed by atoms with Gasteiger partial charge in [-0.2, -0.15) is 0 Å². The molecule has 1 heterocycles. The molecule has 4 rings (SSSR count). The van der Waals surface area contributed by atoms with E-state index < -0.39 is 0 Å². The molecule has 0 fully saturated rings. The molecule has 0 saturated heterocycles. The molecular formula is C22H28N2O4. The van der Waals surface area contributed by atoms with Crippen LogP contribution in [-0.4, -0.2) is 46.9 Å². The number of likely N-dealkylation sites (N-methyl/N-ethyl adjacent to an activating group) is 1. The van der Waals surface area contributed by atoms with Gasteiger partial charge >= 0.3 is 0 Å². The van der Waals surface area contributed by atoms with Gasteiger partial charge in [0.1, 0.15) is 0 Å². The molecule has 2 aliphatic rings. The van der Waals surface area contributed by atoms with Gasteiger partial charge in [-0.05, 0) is 54.3 Å². The molecule has 2 aromatic rings. The molecule has 2 N–H and O–H groups in total. The Balaban J connectivity index is 2.11. The summed E-state index contributed by atoms with van der Waals surface area (Å²) in [6.07, 6.45) is 1.86. The van der Waals surface area contributed by atoms with Crippen LogP contribution in [0.2, 0.25) is 0 Å². The highest BCUT2D eigenvalue weighted by molar-refractivity contribution is 5.86. The highest BCUT2D eigenvalue weighted by atomic mass is 16.5. The van der Waals surface area contributed by atoms with Crippen LogP contribution >= 0.6 is 0 Å². The topological polar surface area (TPSA) is 66.2 Å². The van der Waals surface area contributed by atoms with E-state index in [2.05, 4.69) is 24.1 Å². The Morgan fingerprint density at radius 1 is 1.00 bits per heavy atom. The van der Waals surface area contributed by atoms with Crippen molar-refractivity contribution in [3.63, 3.8) is 0 Å². The summed E-state index contributed by atoms with van der Waals surface area (Å²) in [5, 5.41) is 0. The molecule has 0 aromatic heterocycles. The van der Waals surface area contributed by atoms with Gasteiger partial charge < -0.3 is 24.7 Å². The zero-order chi connectivity index (χ0) is 20.0. The fraction of sp³-hybridized carbons (Fsp3) is 0.455. The van der Waals surface area contributed by atoms with Gasteiger partial charge in [0.05, 0.1) is 28.4 Å². The van der Waals surface area contributed by atoms with Crippen molar-refractivity contribution in [2.24, 2.45) is 5.73 Å². The standard InChI is InChI=1S/C22H28N2O4/c1-24-7-6-13-15(11-23)21(27-4)22(28-5)20-14-10-18(26-3)17(25-2)9-12(14)8-16(24)19(13)20/h9-10,16H,6-8,11,23H2,1-5H3/t16-/m1/s1. The van der Waals surface area contributed by atoms with E-state index >= 15 is 0 Å². The highest BCUT2D eigenvalue weighted by Crippen LogP contribution is 2.55. The molecule has 0 saturated carbocycles. The minimum atomic E-state index is 0.273. The van der Waals surface area contributed by atoms with Crippen LogP contribution in [-0.2, 0) is 19.4 Å². The SMILES string of the molecule is COc1cc2c(cc1OC)-c1c(OC)c(OC)c(CN)c3c1[C@@H](C2)N(C)CC3. The molecule has 0 unspecified atom stereocenters. The van der Waals surface area contributed by atoms with Crippen LogP contribution < -0.4 is 24.7 Å². The first-order valence-electron chi connectivity index (χ1n) is 9.54. The normalized spacial score (nSPS) is 17.6. The first kappa shape index (κ1) is 18.9. The lowest BCUT2D eigenvalue weighted by Gasteiger charge is -2.41. The van der Waals surface area contributed by atoms with E-state index in [0.29, 0.717) is 12.3 Å². The maximum absolute atomic E-state index is 6.16. The number of nitrogens with two attached hydrogens (primary N) is 1. The number of benzene rings is 2. The number of hydrogen-bond acceptors (Lipinski definition) is 6. The van der Waals surface area contributed by atoms with Crippen molar-refractivity contribution in [3.8, 4) is 34.1 Å².